The van der Waals surface area contributed by atoms with Crippen molar-refractivity contribution in [2.24, 2.45) is 11.8 Å². The number of carbonyl (C=O) groups is 1. The molecule has 0 radical (unpaired) electrons. The minimum atomic E-state index is -2.60. The first-order valence-corrected chi connectivity index (χ1v) is 5.68. The first-order chi connectivity index (χ1) is 7.02. The third-order valence-electron chi connectivity index (χ3n) is 3.60. The number of hydrogen-bond donors (Lipinski definition) is 0. The lowest BCUT2D eigenvalue weighted by atomic mass is 9.94. The van der Waals surface area contributed by atoms with Crippen LogP contribution in [-0.2, 0) is 4.79 Å². The number of halogens is 2. The predicted molar refractivity (Wildman–Crippen MR) is 52.6 cm³/mol. The molecule has 2 fully saturated rings. The molecule has 0 spiro atoms. The van der Waals surface area contributed by atoms with Gasteiger partial charge in [-0.15, -0.1) is 0 Å². The molecule has 1 saturated carbocycles. The van der Waals surface area contributed by atoms with E-state index in [9.17, 15) is 13.6 Å². The van der Waals surface area contributed by atoms with Gasteiger partial charge in [0.1, 0.15) is 0 Å². The quantitative estimate of drug-likeness (QED) is 0.695. The molecule has 0 aromatic rings. The van der Waals surface area contributed by atoms with Gasteiger partial charge in [-0.2, -0.15) is 0 Å². The first kappa shape index (κ1) is 10.8. The van der Waals surface area contributed by atoms with Crippen LogP contribution in [0.2, 0.25) is 0 Å². The van der Waals surface area contributed by atoms with Crippen molar-refractivity contribution >= 4 is 5.91 Å². The van der Waals surface area contributed by atoms with Crippen LogP contribution in [-0.4, -0.2) is 29.8 Å². The van der Waals surface area contributed by atoms with Crippen molar-refractivity contribution in [2.45, 2.75) is 38.5 Å². The Morgan fingerprint density at radius 2 is 2.13 bits per heavy atom. The molecule has 2 rings (SSSR count). The van der Waals surface area contributed by atoms with Gasteiger partial charge in [-0.25, -0.2) is 8.78 Å². The summed E-state index contributed by atoms with van der Waals surface area (Å²) in [5, 5.41) is 0. The normalized spacial score (nSPS) is 30.3. The van der Waals surface area contributed by atoms with Crippen molar-refractivity contribution in [2.75, 3.05) is 13.1 Å². The third kappa shape index (κ3) is 2.13. The van der Waals surface area contributed by atoms with Gasteiger partial charge in [0.2, 0.25) is 11.8 Å². The SMILES string of the molecule is CCC1CN(C(=O)C2CCC(F)(F)C2)C1. The maximum absolute atomic E-state index is 12.9. The summed E-state index contributed by atoms with van der Waals surface area (Å²) in [4.78, 5) is 13.5. The number of amides is 1. The zero-order valence-corrected chi connectivity index (χ0v) is 9.01. The molecular weight excluding hydrogens is 200 g/mol. The van der Waals surface area contributed by atoms with Gasteiger partial charge in [0.25, 0.3) is 0 Å². The Labute approximate surface area is 88.6 Å². The second kappa shape index (κ2) is 3.72. The summed E-state index contributed by atoms with van der Waals surface area (Å²) in [5.74, 6) is -2.47. The summed E-state index contributed by atoms with van der Waals surface area (Å²) >= 11 is 0. The van der Waals surface area contributed by atoms with Gasteiger partial charge >= 0.3 is 0 Å². The van der Waals surface area contributed by atoms with Crippen molar-refractivity contribution in [3.63, 3.8) is 0 Å². The summed E-state index contributed by atoms with van der Waals surface area (Å²) < 4.78 is 25.8. The van der Waals surface area contributed by atoms with Crippen LogP contribution in [0.3, 0.4) is 0 Å². The van der Waals surface area contributed by atoms with Crippen molar-refractivity contribution in [1.29, 1.82) is 0 Å². The number of likely N-dealkylation sites (tertiary alicyclic amines) is 1. The number of rotatable bonds is 2. The molecule has 1 heterocycles. The number of nitrogens with zero attached hydrogens (tertiary/aromatic N) is 1. The Hall–Kier alpha value is -0.670. The molecule has 1 atom stereocenters. The zero-order valence-electron chi connectivity index (χ0n) is 9.01. The van der Waals surface area contributed by atoms with Gasteiger partial charge < -0.3 is 4.90 Å². The molecule has 0 bridgehead atoms. The van der Waals surface area contributed by atoms with Crippen LogP contribution in [0.4, 0.5) is 8.78 Å². The number of alkyl halides is 2. The van der Waals surface area contributed by atoms with Crippen LogP contribution in [0.25, 0.3) is 0 Å². The lowest BCUT2D eigenvalue weighted by Gasteiger charge is -2.40. The van der Waals surface area contributed by atoms with Gasteiger partial charge in [0.15, 0.2) is 0 Å². The Balaban J connectivity index is 1.83. The Morgan fingerprint density at radius 1 is 1.47 bits per heavy atom. The van der Waals surface area contributed by atoms with Crippen molar-refractivity contribution < 1.29 is 13.6 Å². The molecule has 4 heteroatoms. The predicted octanol–water partition coefficient (Wildman–Crippen LogP) is 2.29. The molecule has 1 aliphatic carbocycles. The molecule has 1 aliphatic heterocycles. The van der Waals surface area contributed by atoms with E-state index < -0.39 is 11.8 Å². The minimum absolute atomic E-state index is 0.0446. The van der Waals surface area contributed by atoms with E-state index in [2.05, 4.69) is 6.92 Å². The van der Waals surface area contributed by atoms with E-state index in [1.54, 1.807) is 4.90 Å². The molecule has 15 heavy (non-hydrogen) atoms. The van der Waals surface area contributed by atoms with Crippen LogP contribution in [0.1, 0.15) is 32.6 Å². The van der Waals surface area contributed by atoms with E-state index in [1.807, 2.05) is 0 Å². The van der Waals surface area contributed by atoms with Crippen LogP contribution < -0.4 is 0 Å². The Bertz CT molecular complexity index is 261. The summed E-state index contributed by atoms with van der Waals surface area (Å²) in [6, 6.07) is 0. The van der Waals surface area contributed by atoms with E-state index in [1.165, 1.54) is 0 Å². The third-order valence-corrected chi connectivity index (χ3v) is 3.60. The summed E-state index contributed by atoms with van der Waals surface area (Å²) in [6.45, 7) is 3.64. The number of carbonyl (C=O) groups excluding carboxylic acids is 1. The van der Waals surface area contributed by atoms with Crippen molar-refractivity contribution in [3.05, 3.63) is 0 Å². The van der Waals surface area contributed by atoms with Gasteiger partial charge in [-0.05, 0) is 18.8 Å². The van der Waals surface area contributed by atoms with Crippen LogP contribution >= 0.6 is 0 Å². The molecule has 0 N–H and O–H groups in total. The lowest BCUT2D eigenvalue weighted by molar-refractivity contribution is -0.142. The highest BCUT2D eigenvalue weighted by atomic mass is 19.3. The molecule has 1 amide bonds. The topological polar surface area (TPSA) is 20.3 Å². The molecule has 86 valence electrons. The summed E-state index contributed by atoms with van der Waals surface area (Å²) in [7, 11) is 0. The largest absolute Gasteiger partial charge is 0.342 e. The highest BCUT2D eigenvalue weighted by Gasteiger charge is 2.45. The van der Waals surface area contributed by atoms with Crippen molar-refractivity contribution in [3.8, 4) is 0 Å². The summed E-state index contributed by atoms with van der Waals surface area (Å²) in [5.41, 5.74) is 0. The minimum Gasteiger partial charge on any atom is -0.342 e. The van der Waals surface area contributed by atoms with Crippen molar-refractivity contribution in [1.82, 2.24) is 4.90 Å². The second-order valence-electron chi connectivity index (χ2n) is 4.81. The van der Waals surface area contributed by atoms with Gasteiger partial charge in [-0.3, -0.25) is 4.79 Å². The highest BCUT2D eigenvalue weighted by Crippen LogP contribution is 2.40. The lowest BCUT2D eigenvalue weighted by Crippen LogP contribution is -2.51. The average molecular weight is 217 g/mol. The Kier molecular flexibility index (Phi) is 2.69. The molecule has 0 aromatic carbocycles. The number of hydrogen-bond acceptors (Lipinski definition) is 1. The first-order valence-electron chi connectivity index (χ1n) is 5.68. The zero-order chi connectivity index (χ0) is 11.1. The fourth-order valence-corrected chi connectivity index (χ4v) is 2.43. The van der Waals surface area contributed by atoms with Crippen LogP contribution in [0, 0.1) is 11.8 Å². The van der Waals surface area contributed by atoms with Gasteiger partial charge in [0, 0.05) is 31.8 Å². The molecule has 2 nitrogen and oxygen atoms in total. The van der Waals surface area contributed by atoms with Crippen LogP contribution in [0.5, 0.6) is 0 Å². The average Bonchev–Trinajstić information content (AvgIpc) is 2.44. The summed E-state index contributed by atoms with van der Waals surface area (Å²) in [6.07, 6.45) is 1.08. The fraction of sp³-hybridized carbons (Fsp3) is 0.909. The molecule has 0 aromatic heterocycles. The highest BCUT2D eigenvalue weighted by molar-refractivity contribution is 5.80. The molecule has 1 unspecified atom stereocenters. The second-order valence-corrected chi connectivity index (χ2v) is 4.81. The molecule has 2 aliphatic rings. The maximum Gasteiger partial charge on any atom is 0.248 e. The maximum atomic E-state index is 12.9. The van der Waals surface area contributed by atoms with E-state index in [0.29, 0.717) is 12.3 Å². The van der Waals surface area contributed by atoms with Crippen LogP contribution in [0.15, 0.2) is 0 Å². The molecule has 1 saturated heterocycles. The smallest absolute Gasteiger partial charge is 0.248 e. The molecular formula is C11H17F2NO. The van der Waals surface area contributed by atoms with Gasteiger partial charge in [-0.1, -0.05) is 6.92 Å². The van der Waals surface area contributed by atoms with E-state index in [4.69, 9.17) is 0 Å². The van der Waals surface area contributed by atoms with Gasteiger partial charge in [0.05, 0.1) is 0 Å². The van der Waals surface area contributed by atoms with E-state index in [-0.39, 0.29) is 18.7 Å². The van der Waals surface area contributed by atoms with E-state index >= 15 is 0 Å². The fourth-order valence-electron chi connectivity index (χ4n) is 2.43. The standard InChI is InChI=1S/C11H17F2NO/c1-2-8-6-14(7-8)10(15)9-3-4-11(12,13)5-9/h8-9H,2-7H2,1H3. The van der Waals surface area contributed by atoms with E-state index in [0.717, 1.165) is 19.5 Å². The Morgan fingerprint density at radius 3 is 2.60 bits per heavy atom. The monoisotopic (exact) mass is 217 g/mol.